The molecule has 10 unspecified atom stereocenters. The molecular formula is C19H32N2O2. The van der Waals surface area contributed by atoms with Gasteiger partial charge in [0.15, 0.2) is 0 Å². The molecule has 4 heteroatoms. The fraction of sp³-hybridized carbons (Fsp3) is 1.00. The number of aliphatic hydroxyl groups is 2. The summed E-state index contributed by atoms with van der Waals surface area (Å²) in [6, 6.07) is 0.540. The molecule has 0 spiro atoms. The standard InChI is InChI=1S/C19H32N2O2/c22-18-15-7-16-11(8-20-9-21-16)6-14(15)13-5-4-10-2-1-3-12(10)17(13)19(18)23/h10-23H,1-9H2. The Balaban J connectivity index is 1.44. The van der Waals surface area contributed by atoms with Crippen molar-refractivity contribution in [3.63, 3.8) is 0 Å². The van der Waals surface area contributed by atoms with Crippen molar-refractivity contribution in [3.8, 4) is 0 Å². The summed E-state index contributed by atoms with van der Waals surface area (Å²) < 4.78 is 0. The Morgan fingerprint density at radius 2 is 1.65 bits per heavy atom. The SMILES string of the molecule is OC1C(O)C2C3CCCC3CCC2C2CC3CNCNC3CC12. The van der Waals surface area contributed by atoms with Crippen LogP contribution in [0.15, 0.2) is 0 Å². The number of nitrogens with one attached hydrogen (secondary N) is 2. The lowest BCUT2D eigenvalue weighted by molar-refractivity contribution is -0.176. The summed E-state index contributed by atoms with van der Waals surface area (Å²) in [6.07, 6.45) is 8.03. The van der Waals surface area contributed by atoms with Crippen molar-refractivity contribution in [2.45, 2.75) is 63.2 Å². The third-order valence-electron chi connectivity index (χ3n) is 8.43. The van der Waals surface area contributed by atoms with E-state index in [-0.39, 0.29) is 0 Å². The van der Waals surface area contributed by atoms with E-state index in [1.807, 2.05) is 0 Å². The highest BCUT2D eigenvalue weighted by Gasteiger charge is 2.57. The molecule has 0 radical (unpaired) electrons. The highest BCUT2D eigenvalue weighted by Crippen LogP contribution is 2.58. The molecule has 0 aromatic rings. The van der Waals surface area contributed by atoms with E-state index in [1.54, 1.807) is 0 Å². The Morgan fingerprint density at radius 3 is 2.57 bits per heavy atom. The van der Waals surface area contributed by atoms with Crippen LogP contribution in [0.25, 0.3) is 0 Å². The summed E-state index contributed by atoms with van der Waals surface area (Å²) in [4.78, 5) is 0. The van der Waals surface area contributed by atoms with Gasteiger partial charge in [0, 0.05) is 19.3 Å². The second-order valence-electron chi connectivity index (χ2n) is 9.16. The van der Waals surface area contributed by atoms with Gasteiger partial charge in [0.1, 0.15) is 0 Å². The predicted octanol–water partition coefficient (Wildman–Crippen LogP) is 1.33. The third kappa shape index (κ3) is 2.25. The first kappa shape index (κ1) is 15.1. The minimum atomic E-state index is -0.488. The summed E-state index contributed by atoms with van der Waals surface area (Å²) >= 11 is 0. The molecule has 0 aromatic heterocycles. The van der Waals surface area contributed by atoms with Gasteiger partial charge in [0.05, 0.1) is 12.2 Å². The lowest BCUT2D eigenvalue weighted by Crippen LogP contribution is -2.63. The first-order chi connectivity index (χ1) is 11.2. The molecule has 0 aromatic carbocycles. The van der Waals surface area contributed by atoms with E-state index >= 15 is 0 Å². The molecular weight excluding hydrogens is 288 g/mol. The van der Waals surface area contributed by atoms with Crippen molar-refractivity contribution in [1.82, 2.24) is 10.6 Å². The normalized spacial score (nSPS) is 58.7. The van der Waals surface area contributed by atoms with Crippen LogP contribution in [-0.4, -0.2) is 41.7 Å². The second-order valence-corrected chi connectivity index (χ2v) is 9.16. The molecule has 1 heterocycles. The van der Waals surface area contributed by atoms with Gasteiger partial charge in [-0.3, -0.25) is 0 Å². The Bertz CT molecular complexity index is 459. The molecule has 10 atom stereocenters. The third-order valence-corrected chi connectivity index (χ3v) is 8.43. The molecule has 4 nitrogen and oxygen atoms in total. The first-order valence-corrected chi connectivity index (χ1v) is 10.0. The number of rotatable bonds is 0. The molecule has 5 rings (SSSR count). The average molecular weight is 320 g/mol. The summed E-state index contributed by atoms with van der Waals surface area (Å²) in [6.45, 7) is 2.02. The maximum absolute atomic E-state index is 11.0. The van der Waals surface area contributed by atoms with E-state index in [4.69, 9.17) is 0 Å². The van der Waals surface area contributed by atoms with E-state index in [1.165, 1.54) is 38.5 Å². The predicted molar refractivity (Wildman–Crippen MR) is 88.6 cm³/mol. The van der Waals surface area contributed by atoms with Gasteiger partial charge in [-0.1, -0.05) is 12.8 Å². The van der Waals surface area contributed by atoms with Crippen LogP contribution in [0.4, 0.5) is 0 Å². The maximum Gasteiger partial charge on any atom is 0.0835 e. The van der Waals surface area contributed by atoms with Gasteiger partial charge in [-0.05, 0) is 73.5 Å². The summed E-state index contributed by atoms with van der Waals surface area (Å²) in [7, 11) is 0. The molecule has 1 saturated heterocycles. The average Bonchev–Trinajstić information content (AvgIpc) is 3.06. The minimum Gasteiger partial charge on any atom is -0.390 e. The quantitative estimate of drug-likeness (QED) is 0.544. The van der Waals surface area contributed by atoms with Crippen molar-refractivity contribution in [2.75, 3.05) is 13.2 Å². The van der Waals surface area contributed by atoms with E-state index in [0.29, 0.717) is 35.6 Å². The number of fused-ring (bicyclic) bond motifs is 6. The maximum atomic E-state index is 11.0. The number of aliphatic hydroxyl groups excluding tert-OH is 2. The van der Waals surface area contributed by atoms with E-state index in [0.717, 1.165) is 31.5 Å². The van der Waals surface area contributed by atoms with Crippen LogP contribution in [0.1, 0.15) is 44.9 Å². The van der Waals surface area contributed by atoms with Gasteiger partial charge in [-0.2, -0.15) is 0 Å². The van der Waals surface area contributed by atoms with E-state index < -0.39 is 12.2 Å². The van der Waals surface area contributed by atoms with Gasteiger partial charge in [0.25, 0.3) is 0 Å². The molecule has 0 bridgehead atoms. The van der Waals surface area contributed by atoms with Crippen LogP contribution in [0.2, 0.25) is 0 Å². The highest BCUT2D eigenvalue weighted by atomic mass is 16.3. The monoisotopic (exact) mass is 320 g/mol. The summed E-state index contributed by atoms with van der Waals surface area (Å²) in [5.41, 5.74) is 0. The Morgan fingerprint density at radius 1 is 0.739 bits per heavy atom. The fourth-order valence-corrected chi connectivity index (χ4v) is 7.50. The van der Waals surface area contributed by atoms with Gasteiger partial charge in [-0.15, -0.1) is 0 Å². The van der Waals surface area contributed by atoms with Crippen molar-refractivity contribution >= 4 is 0 Å². The van der Waals surface area contributed by atoms with Crippen molar-refractivity contribution in [3.05, 3.63) is 0 Å². The minimum absolute atomic E-state index is 0.316. The molecule has 5 aliphatic rings. The molecule has 4 saturated carbocycles. The molecule has 1 aliphatic heterocycles. The fourth-order valence-electron chi connectivity index (χ4n) is 7.50. The molecule has 0 amide bonds. The van der Waals surface area contributed by atoms with Crippen molar-refractivity contribution in [2.24, 2.45) is 41.4 Å². The van der Waals surface area contributed by atoms with E-state index in [2.05, 4.69) is 10.6 Å². The molecule has 4 N–H and O–H groups in total. The smallest absolute Gasteiger partial charge is 0.0835 e. The topological polar surface area (TPSA) is 64.5 Å². The van der Waals surface area contributed by atoms with E-state index in [9.17, 15) is 10.2 Å². The molecule has 130 valence electrons. The molecule has 5 fully saturated rings. The van der Waals surface area contributed by atoms with Gasteiger partial charge in [-0.25, -0.2) is 0 Å². The van der Waals surface area contributed by atoms with Gasteiger partial charge >= 0.3 is 0 Å². The van der Waals surface area contributed by atoms with Crippen LogP contribution >= 0.6 is 0 Å². The van der Waals surface area contributed by atoms with Crippen LogP contribution in [0.3, 0.4) is 0 Å². The van der Waals surface area contributed by atoms with Crippen LogP contribution in [0, 0.1) is 41.4 Å². The number of hydrogen-bond acceptors (Lipinski definition) is 4. The van der Waals surface area contributed by atoms with Gasteiger partial charge in [0.2, 0.25) is 0 Å². The first-order valence-electron chi connectivity index (χ1n) is 10.0. The zero-order valence-corrected chi connectivity index (χ0v) is 14.0. The van der Waals surface area contributed by atoms with Crippen LogP contribution < -0.4 is 10.6 Å². The Labute approximate surface area is 139 Å². The van der Waals surface area contributed by atoms with Gasteiger partial charge < -0.3 is 20.8 Å². The van der Waals surface area contributed by atoms with Crippen LogP contribution in [0.5, 0.6) is 0 Å². The largest absolute Gasteiger partial charge is 0.390 e. The molecule has 4 aliphatic carbocycles. The zero-order chi connectivity index (χ0) is 15.6. The Kier molecular flexibility index (Phi) is 3.74. The molecule has 23 heavy (non-hydrogen) atoms. The number of hydrogen-bond donors (Lipinski definition) is 4. The lowest BCUT2D eigenvalue weighted by Gasteiger charge is -2.58. The highest BCUT2D eigenvalue weighted by molar-refractivity contribution is 5.07. The summed E-state index contributed by atoms with van der Waals surface area (Å²) in [5, 5.41) is 29.0. The summed E-state index contributed by atoms with van der Waals surface area (Å²) in [5.74, 6) is 4.26. The van der Waals surface area contributed by atoms with Crippen molar-refractivity contribution < 1.29 is 10.2 Å². The van der Waals surface area contributed by atoms with Crippen LogP contribution in [-0.2, 0) is 0 Å². The Hall–Kier alpha value is -0.160. The lowest BCUT2D eigenvalue weighted by atomic mass is 9.50. The van der Waals surface area contributed by atoms with Crippen molar-refractivity contribution in [1.29, 1.82) is 0 Å². The zero-order valence-electron chi connectivity index (χ0n) is 14.0. The second kappa shape index (κ2) is 5.69.